The summed E-state index contributed by atoms with van der Waals surface area (Å²) in [6.45, 7) is 4.69. The van der Waals surface area contributed by atoms with Crippen molar-refractivity contribution in [3.63, 3.8) is 0 Å². The maximum Gasteiger partial charge on any atom is 0.270 e. The van der Waals surface area contributed by atoms with E-state index < -0.39 is 5.92 Å². The molecule has 1 aromatic carbocycles. The quantitative estimate of drug-likeness (QED) is 0.909. The molecule has 1 aliphatic rings. The lowest BCUT2D eigenvalue weighted by Crippen LogP contribution is -2.36. The first-order valence-corrected chi connectivity index (χ1v) is 6.91. The molecule has 0 amide bonds. The van der Waals surface area contributed by atoms with Crippen LogP contribution in [0.1, 0.15) is 36.8 Å². The zero-order chi connectivity index (χ0) is 13.9. The molecular weight excluding hydrogens is 246 g/mol. The van der Waals surface area contributed by atoms with Crippen molar-refractivity contribution in [3.05, 3.63) is 35.4 Å². The fraction of sp³-hybridized carbons (Fsp3) is 0.600. The second kappa shape index (κ2) is 5.97. The van der Waals surface area contributed by atoms with Crippen LogP contribution < -0.4 is 5.73 Å². The Hall–Kier alpha value is -1.00. The Labute approximate surface area is 113 Å². The van der Waals surface area contributed by atoms with Crippen molar-refractivity contribution in [2.75, 3.05) is 26.2 Å². The van der Waals surface area contributed by atoms with Gasteiger partial charge in [0.1, 0.15) is 0 Å². The highest BCUT2D eigenvalue weighted by Gasteiger charge is 2.25. The van der Waals surface area contributed by atoms with Gasteiger partial charge in [0.15, 0.2) is 0 Å². The van der Waals surface area contributed by atoms with Gasteiger partial charge >= 0.3 is 0 Å². The van der Waals surface area contributed by atoms with E-state index in [1.165, 1.54) is 5.56 Å². The largest absolute Gasteiger partial charge is 0.329 e. The number of hydrogen-bond acceptors (Lipinski definition) is 2. The molecule has 2 N–H and O–H groups in total. The maximum atomic E-state index is 13.1. The molecule has 0 unspecified atom stereocenters. The molecule has 1 fully saturated rings. The van der Waals surface area contributed by atoms with E-state index in [4.69, 9.17) is 5.73 Å². The van der Waals surface area contributed by atoms with Crippen LogP contribution in [0.5, 0.6) is 0 Å². The average Bonchev–Trinajstić information content (AvgIpc) is 2.39. The summed E-state index contributed by atoms with van der Waals surface area (Å²) in [5.74, 6) is -2.25. The molecule has 19 heavy (non-hydrogen) atoms. The summed E-state index contributed by atoms with van der Waals surface area (Å²) >= 11 is 0. The number of nitrogens with two attached hydrogens (primary N) is 1. The zero-order valence-corrected chi connectivity index (χ0v) is 11.4. The summed E-state index contributed by atoms with van der Waals surface area (Å²) in [4.78, 5) is 2.37. The molecule has 1 aliphatic heterocycles. The van der Waals surface area contributed by atoms with E-state index in [0.29, 0.717) is 12.5 Å². The summed E-state index contributed by atoms with van der Waals surface area (Å²) in [6, 6.07) is 6.83. The van der Waals surface area contributed by atoms with Crippen molar-refractivity contribution in [2.45, 2.75) is 31.6 Å². The summed E-state index contributed by atoms with van der Waals surface area (Å²) in [5.41, 5.74) is 6.83. The van der Waals surface area contributed by atoms with Crippen LogP contribution in [0.2, 0.25) is 0 Å². The van der Waals surface area contributed by atoms with E-state index in [2.05, 4.69) is 4.90 Å². The number of halogens is 2. The van der Waals surface area contributed by atoms with Crippen molar-refractivity contribution in [2.24, 2.45) is 5.73 Å². The molecule has 2 rings (SSSR count). The van der Waals surface area contributed by atoms with Crippen LogP contribution in [0.25, 0.3) is 0 Å². The highest BCUT2D eigenvalue weighted by atomic mass is 19.3. The van der Waals surface area contributed by atoms with E-state index in [0.717, 1.165) is 39.4 Å². The minimum atomic E-state index is -2.75. The molecule has 0 aliphatic carbocycles. The summed E-state index contributed by atoms with van der Waals surface area (Å²) in [5, 5.41) is 0. The van der Waals surface area contributed by atoms with Gasteiger partial charge in [-0.15, -0.1) is 0 Å². The molecule has 1 heterocycles. The van der Waals surface area contributed by atoms with Gasteiger partial charge in [0.2, 0.25) is 0 Å². The number of nitrogens with zero attached hydrogens (tertiary/aromatic N) is 1. The van der Waals surface area contributed by atoms with Gasteiger partial charge in [-0.2, -0.15) is 0 Å². The highest BCUT2D eigenvalue weighted by molar-refractivity contribution is 5.28. The minimum Gasteiger partial charge on any atom is -0.329 e. The fourth-order valence-electron chi connectivity index (χ4n) is 2.72. The number of piperidine rings is 1. The van der Waals surface area contributed by atoms with Crippen molar-refractivity contribution in [1.82, 2.24) is 4.90 Å². The predicted octanol–water partition coefficient (Wildman–Crippen LogP) is 2.94. The van der Waals surface area contributed by atoms with Gasteiger partial charge in [-0.25, -0.2) is 8.78 Å². The highest BCUT2D eigenvalue weighted by Crippen LogP contribution is 2.31. The zero-order valence-electron chi connectivity index (χ0n) is 11.4. The average molecular weight is 268 g/mol. The first kappa shape index (κ1) is 14.4. The fourth-order valence-corrected chi connectivity index (χ4v) is 2.72. The molecule has 2 nitrogen and oxygen atoms in total. The van der Waals surface area contributed by atoms with Gasteiger partial charge in [-0.3, -0.25) is 0 Å². The predicted molar refractivity (Wildman–Crippen MR) is 73.5 cm³/mol. The van der Waals surface area contributed by atoms with E-state index in [1.807, 2.05) is 12.1 Å². The monoisotopic (exact) mass is 268 g/mol. The first-order valence-electron chi connectivity index (χ1n) is 6.91. The Kier molecular flexibility index (Phi) is 4.53. The van der Waals surface area contributed by atoms with Crippen LogP contribution in [-0.2, 0) is 5.92 Å². The van der Waals surface area contributed by atoms with Gasteiger partial charge in [0, 0.05) is 25.6 Å². The van der Waals surface area contributed by atoms with E-state index in [1.54, 1.807) is 12.1 Å². The molecule has 106 valence electrons. The second-order valence-corrected chi connectivity index (χ2v) is 5.41. The lowest BCUT2D eigenvalue weighted by Gasteiger charge is -2.32. The molecule has 0 bridgehead atoms. The number of alkyl halides is 2. The molecule has 0 aromatic heterocycles. The standard InChI is InChI=1S/C15H22F2N2/c1-15(16,17)14-4-2-12(3-5-14)13-6-9-19(10-7-13)11-8-18/h2-5,13H,6-11,18H2,1H3. The SMILES string of the molecule is CC(F)(F)c1ccc(C2CCN(CCN)CC2)cc1. The van der Waals surface area contributed by atoms with Crippen LogP contribution in [-0.4, -0.2) is 31.1 Å². The molecule has 1 aromatic rings. The first-order chi connectivity index (χ1) is 9.00. The van der Waals surface area contributed by atoms with E-state index in [9.17, 15) is 8.78 Å². The third-order valence-electron chi connectivity index (χ3n) is 3.92. The van der Waals surface area contributed by atoms with Gasteiger partial charge < -0.3 is 10.6 Å². The van der Waals surface area contributed by atoms with Crippen LogP contribution in [0, 0.1) is 0 Å². The summed E-state index contributed by atoms with van der Waals surface area (Å²) < 4.78 is 26.3. The van der Waals surface area contributed by atoms with E-state index in [-0.39, 0.29) is 5.56 Å². The maximum absolute atomic E-state index is 13.1. The number of rotatable bonds is 4. The third kappa shape index (κ3) is 3.74. The van der Waals surface area contributed by atoms with Gasteiger partial charge in [-0.1, -0.05) is 24.3 Å². The van der Waals surface area contributed by atoms with Gasteiger partial charge in [0.25, 0.3) is 5.92 Å². The molecule has 1 saturated heterocycles. The topological polar surface area (TPSA) is 29.3 Å². The van der Waals surface area contributed by atoms with Crippen LogP contribution >= 0.6 is 0 Å². The molecule has 0 radical (unpaired) electrons. The lowest BCUT2D eigenvalue weighted by molar-refractivity contribution is 0.0174. The Balaban J connectivity index is 1.97. The van der Waals surface area contributed by atoms with Crippen molar-refractivity contribution >= 4 is 0 Å². The third-order valence-corrected chi connectivity index (χ3v) is 3.92. The van der Waals surface area contributed by atoms with Crippen molar-refractivity contribution in [1.29, 1.82) is 0 Å². The summed E-state index contributed by atoms with van der Waals surface area (Å²) in [6.07, 6.45) is 2.17. The van der Waals surface area contributed by atoms with Crippen LogP contribution in [0.4, 0.5) is 8.78 Å². The smallest absolute Gasteiger partial charge is 0.270 e. The normalized spacial score (nSPS) is 18.7. The lowest BCUT2D eigenvalue weighted by atomic mass is 9.88. The Bertz CT molecular complexity index is 390. The molecule has 4 heteroatoms. The molecule has 0 saturated carbocycles. The Morgan fingerprint density at radius 2 is 1.79 bits per heavy atom. The molecule has 0 atom stereocenters. The van der Waals surface area contributed by atoms with Gasteiger partial charge in [-0.05, 0) is 37.4 Å². The Morgan fingerprint density at radius 3 is 2.26 bits per heavy atom. The number of benzene rings is 1. The number of likely N-dealkylation sites (tertiary alicyclic amines) is 1. The van der Waals surface area contributed by atoms with Crippen molar-refractivity contribution in [3.8, 4) is 0 Å². The second-order valence-electron chi connectivity index (χ2n) is 5.41. The van der Waals surface area contributed by atoms with Crippen LogP contribution in [0.3, 0.4) is 0 Å². The van der Waals surface area contributed by atoms with Crippen LogP contribution in [0.15, 0.2) is 24.3 Å². The van der Waals surface area contributed by atoms with E-state index >= 15 is 0 Å². The molecule has 0 spiro atoms. The Morgan fingerprint density at radius 1 is 1.21 bits per heavy atom. The minimum absolute atomic E-state index is 0.0943. The van der Waals surface area contributed by atoms with Gasteiger partial charge in [0.05, 0.1) is 0 Å². The molecular formula is C15H22F2N2. The number of hydrogen-bond donors (Lipinski definition) is 1. The van der Waals surface area contributed by atoms with Crippen molar-refractivity contribution < 1.29 is 8.78 Å². The summed E-state index contributed by atoms with van der Waals surface area (Å²) in [7, 11) is 0.